The van der Waals surface area contributed by atoms with Crippen molar-refractivity contribution < 1.29 is 0 Å². The number of nitrogen functional groups attached to an aromatic ring is 1. The van der Waals surface area contributed by atoms with E-state index < -0.39 is 0 Å². The molecule has 0 aliphatic carbocycles. The number of nitrogens with two attached hydrogens (primary N) is 1. The molecule has 1 fully saturated rings. The highest BCUT2D eigenvalue weighted by Crippen LogP contribution is 2.31. The molecule has 0 unspecified atom stereocenters. The van der Waals surface area contributed by atoms with Crippen LogP contribution in [-0.4, -0.2) is 13.1 Å². The van der Waals surface area contributed by atoms with E-state index >= 15 is 0 Å². The van der Waals surface area contributed by atoms with Crippen molar-refractivity contribution in [1.29, 1.82) is 0 Å². The average Bonchev–Trinajstić information content (AvgIpc) is 2.30. The summed E-state index contributed by atoms with van der Waals surface area (Å²) in [5, 5.41) is 0. The Kier molecular flexibility index (Phi) is 3.37. The van der Waals surface area contributed by atoms with Crippen LogP contribution in [0.4, 0.5) is 11.4 Å². The number of para-hydroxylation sites is 1. The quantitative estimate of drug-likeness (QED) is 0.772. The first-order chi connectivity index (χ1) is 7.72. The van der Waals surface area contributed by atoms with Crippen LogP contribution in [-0.2, 0) is 0 Å². The van der Waals surface area contributed by atoms with Crippen molar-refractivity contribution in [2.24, 2.45) is 5.92 Å². The Morgan fingerprint density at radius 1 is 1.31 bits per heavy atom. The molecule has 0 amide bonds. The number of rotatable bonds is 2. The molecule has 0 saturated carbocycles. The fourth-order valence-electron chi connectivity index (χ4n) is 2.68. The maximum atomic E-state index is 6.08. The second-order valence-electron chi connectivity index (χ2n) is 4.85. The number of aryl methyl sites for hydroxylation is 1. The molecular weight excluding hydrogens is 196 g/mol. The highest BCUT2D eigenvalue weighted by atomic mass is 15.1. The Bertz CT molecular complexity index is 332. The van der Waals surface area contributed by atoms with Gasteiger partial charge in [-0.05, 0) is 37.3 Å². The summed E-state index contributed by atoms with van der Waals surface area (Å²) in [7, 11) is 0. The highest BCUT2D eigenvalue weighted by molar-refractivity contribution is 5.71. The zero-order valence-electron chi connectivity index (χ0n) is 10.4. The van der Waals surface area contributed by atoms with E-state index in [1.54, 1.807) is 0 Å². The largest absolute Gasteiger partial charge is 0.397 e. The van der Waals surface area contributed by atoms with Gasteiger partial charge >= 0.3 is 0 Å². The predicted molar refractivity (Wildman–Crippen MR) is 70.8 cm³/mol. The number of hydrogen-bond donors (Lipinski definition) is 1. The molecular formula is C14H22N2. The lowest BCUT2D eigenvalue weighted by molar-refractivity contribution is 0.395. The van der Waals surface area contributed by atoms with Gasteiger partial charge in [0.2, 0.25) is 0 Å². The number of piperidine rings is 1. The molecule has 0 bridgehead atoms. The van der Waals surface area contributed by atoms with Gasteiger partial charge in [-0.15, -0.1) is 0 Å². The van der Waals surface area contributed by atoms with E-state index in [-0.39, 0.29) is 0 Å². The second-order valence-corrected chi connectivity index (χ2v) is 4.85. The molecule has 0 atom stereocenters. The van der Waals surface area contributed by atoms with Gasteiger partial charge in [0, 0.05) is 13.1 Å². The normalized spacial score (nSPS) is 17.8. The maximum absolute atomic E-state index is 6.08. The Balaban J connectivity index is 2.14. The van der Waals surface area contributed by atoms with Crippen LogP contribution in [0.25, 0.3) is 0 Å². The molecule has 2 rings (SSSR count). The van der Waals surface area contributed by atoms with E-state index in [1.165, 1.54) is 30.5 Å². The van der Waals surface area contributed by atoms with Crippen molar-refractivity contribution in [3.63, 3.8) is 0 Å². The van der Waals surface area contributed by atoms with Crippen molar-refractivity contribution in [2.75, 3.05) is 23.7 Å². The van der Waals surface area contributed by atoms with E-state index in [0.717, 1.165) is 24.7 Å². The number of hydrogen-bond acceptors (Lipinski definition) is 2. The minimum absolute atomic E-state index is 0.918. The first-order valence-corrected chi connectivity index (χ1v) is 6.32. The SMILES string of the molecule is CCC1CCN(c2c(C)cccc2N)CC1. The molecule has 1 saturated heterocycles. The summed E-state index contributed by atoms with van der Waals surface area (Å²) in [5.74, 6) is 0.918. The van der Waals surface area contributed by atoms with Crippen molar-refractivity contribution in [1.82, 2.24) is 0 Å². The molecule has 1 aromatic rings. The number of anilines is 2. The van der Waals surface area contributed by atoms with Gasteiger partial charge in [0.15, 0.2) is 0 Å². The van der Waals surface area contributed by atoms with Crippen LogP contribution >= 0.6 is 0 Å². The fourth-order valence-corrected chi connectivity index (χ4v) is 2.68. The third kappa shape index (κ3) is 2.16. The van der Waals surface area contributed by atoms with Gasteiger partial charge in [-0.25, -0.2) is 0 Å². The maximum Gasteiger partial charge on any atom is 0.0629 e. The van der Waals surface area contributed by atoms with Gasteiger partial charge in [0.1, 0.15) is 0 Å². The highest BCUT2D eigenvalue weighted by Gasteiger charge is 2.20. The lowest BCUT2D eigenvalue weighted by Crippen LogP contribution is -2.34. The lowest BCUT2D eigenvalue weighted by Gasteiger charge is -2.34. The predicted octanol–water partition coefficient (Wildman–Crippen LogP) is 3.20. The third-order valence-corrected chi connectivity index (χ3v) is 3.78. The van der Waals surface area contributed by atoms with E-state index in [1.807, 2.05) is 12.1 Å². The lowest BCUT2D eigenvalue weighted by atomic mass is 9.93. The van der Waals surface area contributed by atoms with Crippen LogP contribution in [0.3, 0.4) is 0 Å². The van der Waals surface area contributed by atoms with Crippen molar-refractivity contribution in [2.45, 2.75) is 33.1 Å². The Morgan fingerprint density at radius 2 is 2.00 bits per heavy atom. The van der Waals surface area contributed by atoms with Gasteiger partial charge in [-0.3, -0.25) is 0 Å². The van der Waals surface area contributed by atoms with E-state index in [2.05, 4.69) is 24.8 Å². The summed E-state index contributed by atoms with van der Waals surface area (Å²) in [6, 6.07) is 6.19. The van der Waals surface area contributed by atoms with Crippen molar-refractivity contribution >= 4 is 11.4 Å². The molecule has 2 nitrogen and oxygen atoms in total. The molecule has 0 radical (unpaired) electrons. The molecule has 1 heterocycles. The smallest absolute Gasteiger partial charge is 0.0629 e. The Labute approximate surface area is 98.4 Å². The molecule has 16 heavy (non-hydrogen) atoms. The van der Waals surface area contributed by atoms with E-state index in [0.29, 0.717) is 0 Å². The molecule has 0 aromatic heterocycles. The first-order valence-electron chi connectivity index (χ1n) is 6.32. The summed E-state index contributed by atoms with van der Waals surface area (Å²) < 4.78 is 0. The van der Waals surface area contributed by atoms with Crippen LogP contribution in [0.2, 0.25) is 0 Å². The zero-order chi connectivity index (χ0) is 11.5. The van der Waals surface area contributed by atoms with Gasteiger partial charge in [-0.1, -0.05) is 25.5 Å². The number of nitrogens with zero attached hydrogens (tertiary/aromatic N) is 1. The minimum atomic E-state index is 0.918. The Morgan fingerprint density at radius 3 is 2.56 bits per heavy atom. The van der Waals surface area contributed by atoms with Crippen LogP contribution in [0, 0.1) is 12.8 Å². The Hall–Kier alpha value is -1.18. The molecule has 0 spiro atoms. The molecule has 2 heteroatoms. The van der Waals surface area contributed by atoms with Crippen LogP contribution in [0.5, 0.6) is 0 Å². The number of benzene rings is 1. The summed E-state index contributed by atoms with van der Waals surface area (Å²) in [4.78, 5) is 2.46. The van der Waals surface area contributed by atoms with Crippen molar-refractivity contribution in [3.05, 3.63) is 23.8 Å². The van der Waals surface area contributed by atoms with Gasteiger partial charge < -0.3 is 10.6 Å². The summed E-state index contributed by atoms with van der Waals surface area (Å²) in [6.07, 6.45) is 3.94. The molecule has 88 valence electrons. The van der Waals surface area contributed by atoms with Gasteiger partial charge in [-0.2, -0.15) is 0 Å². The zero-order valence-corrected chi connectivity index (χ0v) is 10.4. The van der Waals surface area contributed by atoms with Crippen LogP contribution in [0.1, 0.15) is 31.7 Å². The molecule has 2 N–H and O–H groups in total. The molecule has 1 aromatic carbocycles. The van der Waals surface area contributed by atoms with Gasteiger partial charge in [0.25, 0.3) is 0 Å². The topological polar surface area (TPSA) is 29.3 Å². The standard InChI is InChI=1S/C14H22N2/c1-3-12-7-9-16(10-8-12)14-11(2)5-4-6-13(14)15/h4-6,12H,3,7-10,15H2,1-2H3. The van der Waals surface area contributed by atoms with Crippen LogP contribution < -0.4 is 10.6 Å². The summed E-state index contributed by atoms with van der Waals surface area (Å²) >= 11 is 0. The summed E-state index contributed by atoms with van der Waals surface area (Å²) in [5.41, 5.74) is 9.57. The second kappa shape index (κ2) is 4.77. The summed E-state index contributed by atoms with van der Waals surface area (Å²) in [6.45, 7) is 6.77. The van der Waals surface area contributed by atoms with Gasteiger partial charge in [0.05, 0.1) is 11.4 Å². The average molecular weight is 218 g/mol. The monoisotopic (exact) mass is 218 g/mol. The first kappa shape index (κ1) is 11.3. The van der Waals surface area contributed by atoms with Crippen LogP contribution in [0.15, 0.2) is 18.2 Å². The third-order valence-electron chi connectivity index (χ3n) is 3.78. The fraction of sp³-hybridized carbons (Fsp3) is 0.571. The van der Waals surface area contributed by atoms with Crippen molar-refractivity contribution in [3.8, 4) is 0 Å². The van der Waals surface area contributed by atoms with E-state index in [9.17, 15) is 0 Å². The molecule has 1 aliphatic heterocycles. The van der Waals surface area contributed by atoms with E-state index in [4.69, 9.17) is 5.73 Å². The minimum Gasteiger partial charge on any atom is -0.397 e. The molecule has 1 aliphatic rings.